The molecule has 2 aromatic heterocycles. The van der Waals surface area contributed by atoms with Gasteiger partial charge < -0.3 is 34.6 Å². The summed E-state index contributed by atoms with van der Waals surface area (Å²) in [7, 11) is 0. The van der Waals surface area contributed by atoms with E-state index < -0.39 is 17.6 Å². The van der Waals surface area contributed by atoms with Gasteiger partial charge in [-0.2, -0.15) is 0 Å². The molecule has 45 heavy (non-hydrogen) atoms. The van der Waals surface area contributed by atoms with Crippen LogP contribution in [0.25, 0.3) is 0 Å². The Labute approximate surface area is 267 Å². The predicted octanol–water partition coefficient (Wildman–Crippen LogP) is 6.03. The van der Waals surface area contributed by atoms with Gasteiger partial charge in [0, 0.05) is 41.8 Å². The van der Waals surface area contributed by atoms with Crippen LogP contribution < -0.4 is 25.4 Å². The third-order valence-corrected chi connectivity index (χ3v) is 7.90. The Bertz CT molecular complexity index is 1480. The Kier molecular flexibility index (Phi) is 10.4. The largest absolute Gasteiger partial charge is 0.486 e. The fourth-order valence-corrected chi connectivity index (χ4v) is 5.74. The Morgan fingerprint density at radius 3 is 2.42 bits per heavy atom. The molecule has 4 heterocycles. The van der Waals surface area contributed by atoms with E-state index >= 15 is 0 Å². The molecule has 2 aliphatic heterocycles. The van der Waals surface area contributed by atoms with Gasteiger partial charge in [-0.05, 0) is 83.4 Å². The number of anilines is 3. The van der Waals surface area contributed by atoms with E-state index in [1.54, 1.807) is 73.0 Å². The summed E-state index contributed by atoms with van der Waals surface area (Å²) >= 11 is 1.33. The van der Waals surface area contributed by atoms with Gasteiger partial charge >= 0.3 is 12.1 Å². The van der Waals surface area contributed by atoms with E-state index in [2.05, 4.69) is 25.8 Å². The highest BCUT2D eigenvalue weighted by atomic mass is 32.1. The lowest BCUT2D eigenvalue weighted by Crippen LogP contribution is -2.36. The summed E-state index contributed by atoms with van der Waals surface area (Å²) in [5.74, 6) is 0.838. The Balaban J connectivity index is 1.21. The maximum atomic E-state index is 13.5. The number of hydrogen-bond acceptors (Lipinski definition) is 9. The van der Waals surface area contributed by atoms with Crippen molar-refractivity contribution in [1.82, 2.24) is 14.8 Å². The number of rotatable bonds is 10. The summed E-state index contributed by atoms with van der Waals surface area (Å²) in [5, 5.41) is 11.9. The van der Waals surface area contributed by atoms with Crippen LogP contribution in [0.15, 0.2) is 47.3 Å². The number of urea groups is 1. The zero-order valence-corrected chi connectivity index (χ0v) is 26.7. The minimum atomic E-state index is -0.648. The number of aromatic nitrogens is 1. The van der Waals surface area contributed by atoms with E-state index in [-0.39, 0.29) is 11.7 Å². The van der Waals surface area contributed by atoms with Crippen molar-refractivity contribution in [3.63, 3.8) is 0 Å². The molecule has 1 saturated heterocycles. The summed E-state index contributed by atoms with van der Waals surface area (Å²) in [6.45, 7) is 10.3. The van der Waals surface area contributed by atoms with Crippen LogP contribution >= 0.6 is 11.3 Å². The van der Waals surface area contributed by atoms with Crippen LogP contribution in [0, 0.1) is 0 Å². The minimum Gasteiger partial charge on any atom is -0.486 e. The SMILES string of the molecule is CC(C)(C)OC(=O)Nc1cscc1NC(=O)c1ccc(CN(CCCN2CCCC2)C(=O)Nc2ccc3c(c2)OCCO3)cn1. The fraction of sp³-hybridized carbons (Fsp3) is 0.438. The average Bonchev–Trinajstić information content (AvgIpc) is 3.68. The number of carbonyl (C=O) groups is 3. The maximum absolute atomic E-state index is 13.5. The molecular weight excluding hydrogens is 596 g/mol. The summed E-state index contributed by atoms with van der Waals surface area (Å²) in [6, 6.07) is 8.54. The molecule has 0 radical (unpaired) electrons. The first-order valence-corrected chi connectivity index (χ1v) is 16.1. The molecular formula is C32H40N6O6S. The summed E-state index contributed by atoms with van der Waals surface area (Å²) in [4.78, 5) is 47.2. The smallest absolute Gasteiger partial charge is 0.412 e. The standard InChI is InChI=1S/C32H40N6O6S/c1-32(2,3)44-31(41)36-26-21-45-20-25(26)35-29(39)24-9-7-22(18-33-24)19-38(14-6-13-37-11-4-5-12-37)30(40)34-23-8-10-27-28(17-23)43-16-15-42-27/h7-10,17-18,20-21H,4-6,11-16,19H2,1-3H3,(H,34,40)(H,35,39)(H,36,41). The molecule has 3 aromatic rings. The predicted molar refractivity (Wildman–Crippen MR) is 174 cm³/mol. The zero-order chi connectivity index (χ0) is 31.8. The average molecular weight is 637 g/mol. The Morgan fingerprint density at radius 2 is 1.71 bits per heavy atom. The second kappa shape index (κ2) is 14.6. The number of ether oxygens (including phenoxy) is 3. The van der Waals surface area contributed by atoms with Crippen LogP contribution in [0.4, 0.5) is 26.7 Å². The lowest BCUT2D eigenvalue weighted by atomic mass is 10.2. The monoisotopic (exact) mass is 636 g/mol. The topological polar surface area (TPSA) is 134 Å². The van der Waals surface area contributed by atoms with Gasteiger partial charge in [0.15, 0.2) is 11.5 Å². The fourth-order valence-electron chi connectivity index (χ4n) is 5.03. The summed E-state index contributed by atoms with van der Waals surface area (Å²) < 4.78 is 16.6. The van der Waals surface area contributed by atoms with Crippen molar-refractivity contribution in [2.45, 2.75) is 52.2 Å². The van der Waals surface area contributed by atoms with Gasteiger partial charge in [0.25, 0.3) is 5.91 Å². The zero-order valence-electron chi connectivity index (χ0n) is 25.9. The second-order valence-corrected chi connectivity index (χ2v) is 12.7. The van der Waals surface area contributed by atoms with Crippen LogP contribution in [0.1, 0.15) is 56.1 Å². The minimum absolute atomic E-state index is 0.203. The highest BCUT2D eigenvalue weighted by Gasteiger charge is 2.21. The van der Waals surface area contributed by atoms with Crippen LogP contribution in [-0.2, 0) is 11.3 Å². The summed E-state index contributed by atoms with van der Waals surface area (Å²) in [5.41, 5.74) is 1.84. The first-order chi connectivity index (χ1) is 21.6. The van der Waals surface area contributed by atoms with Crippen LogP contribution in [0.3, 0.4) is 0 Å². The van der Waals surface area contributed by atoms with E-state index in [0.29, 0.717) is 54.9 Å². The lowest BCUT2D eigenvalue weighted by molar-refractivity contribution is 0.0635. The molecule has 4 amide bonds. The highest BCUT2D eigenvalue weighted by molar-refractivity contribution is 7.09. The molecule has 0 unspecified atom stereocenters. The first kappa shape index (κ1) is 32.0. The Hall–Kier alpha value is -4.36. The van der Waals surface area contributed by atoms with Gasteiger partial charge in [0.1, 0.15) is 24.5 Å². The van der Waals surface area contributed by atoms with Gasteiger partial charge in [-0.15, -0.1) is 11.3 Å². The van der Waals surface area contributed by atoms with Crippen LogP contribution in [0.2, 0.25) is 0 Å². The molecule has 0 spiro atoms. The molecule has 0 bridgehead atoms. The number of nitrogens with one attached hydrogen (secondary N) is 3. The quantitative estimate of drug-likeness (QED) is 0.246. The lowest BCUT2D eigenvalue weighted by Gasteiger charge is -2.25. The van der Waals surface area contributed by atoms with E-state index in [4.69, 9.17) is 14.2 Å². The number of nitrogens with zero attached hydrogens (tertiary/aromatic N) is 3. The third-order valence-electron chi connectivity index (χ3n) is 7.16. The molecule has 0 aliphatic carbocycles. The van der Waals surface area contributed by atoms with Crippen molar-refractivity contribution in [3.05, 3.63) is 58.5 Å². The van der Waals surface area contributed by atoms with Gasteiger partial charge in [-0.1, -0.05) is 6.07 Å². The molecule has 13 heteroatoms. The highest BCUT2D eigenvalue weighted by Crippen LogP contribution is 2.33. The maximum Gasteiger partial charge on any atom is 0.412 e. The van der Waals surface area contributed by atoms with Crippen molar-refractivity contribution in [2.24, 2.45) is 0 Å². The number of thiophene rings is 1. The van der Waals surface area contributed by atoms with E-state index in [1.165, 1.54) is 24.2 Å². The second-order valence-electron chi connectivity index (χ2n) is 11.9. The van der Waals surface area contributed by atoms with Crippen LogP contribution in [-0.4, -0.2) is 77.8 Å². The van der Waals surface area contributed by atoms with E-state index in [9.17, 15) is 14.4 Å². The normalized spacial score (nSPS) is 14.5. The number of amides is 4. The van der Waals surface area contributed by atoms with Gasteiger partial charge in [0.05, 0.1) is 11.4 Å². The molecule has 2 aliphatic rings. The number of carbonyl (C=O) groups excluding carboxylic acids is 3. The molecule has 3 N–H and O–H groups in total. The van der Waals surface area contributed by atoms with Crippen molar-refractivity contribution in [1.29, 1.82) is 0 Å². The molecule has 1 aromatic carbocycles. The number of fused-ring (bicyclic) bond motifs is 1. The molecule has 5 rings (SSSR count). The molecule has 1 fully saturated rings. The first-order valence-electron chi connectivity index (χ1n) is 15.1. The number of pyridine rings is 1. The number of hydrogen-bond donors (Lipinski definition) is 3. The number of likely N-dealkylation sites (tertiary alicyclic amines) is 1. The van der Waals surface area contributed by atoms with Crippen molar-refractivity contribution < 1.29 is 28.6 Å². The van der Waals surface area contributed by atoms with Crippen molar-refractivity contribution >= 4 is 46.4 Å². The van der Waals surface area contributed by atoms with Gasteiger partial charge in [-0.25, -0.2) is 9.59 Å². The molecule has 240 valence electrons. The molecule has 12 nitrogen and oxygen atoms in total. The van der Waals surface area contributed by atoms with Crippen LogP contribution in [0.5, 0.6) is 11.5 Å². The molecule has 0 atom stereocenters. The van der Waals surface area contributed by atoms with Crippen molar-refractivity contribution in [3.8, 4) is 11.5 Å². The van der Waals surface area contributed by atoms with Crippen molar-refractivity contribution in [2.75, 3.05) is 55.3 Å². The summed E-state index contributed by atoms with van der Waals surface area (Å²) in [6.07, 6.45) is 4.26. The number of benzene rings is 1. The van der Waals surface area contributed by atoms with E-state index in [0.717, 1.165) is 31.6 Å². The van der Waals surface area contributed by atoms with E-state index in [1.807, 2.05) is 0 Å². The van der Waals surface area contributed by atoms with Gasteiger partial charge in [-0.3, -0.25) is 15.1 Å². The van der Waals surface area contributed by atoms with Gasteiger partial charge in [0.2, 0.25) is 0 Å². The Morgan fingerprint density at radius 1 is 0.978 bits per heavy atom. The molecule has 0 saturated carbocycles. The third kappa shape index (κ3) is 9.32.